The van der Waals surface area contributed by atoms with Crippen LogP contribution < -0.4 is 22.1 Å². The number of nitrogens with one attached hydrogen (secondary N) is 2. The maximum absolute atomic E-state index is 11.8. The predicted molar refractivity (Wildman–Crippen MR) is 104 cm³/mol. The highest BCUT2D eigenvalue weighted by molar-refractivity contribution is 5.97. The molecule has 0 bridgehead atoms. The number of amides is 1. The van der Waals surface area contributed by atoms with E-state index in [4.69, 9.17) is 11.5 Å². The van der Waals surface area contributed by atoms with Gasteiger partial charge in [-0.1, -0.05) is 18.9 Å². The van der Waals surface area contributed by atoms with E-state index in [9.17, 15) is 4.79 Å². The van der Waals surface area contributed by atoms with Crippen molar-refractivity contribution in [1.29, 1.82) is 0 Å². The van der Waals surface area contributed by atoms with E-state index >= 15 is 0 Å². The molecule has 8 nitrogen and oxygen atoms in total. The van der Waals surface area contributed by atoms with Gasteiger partial charge >= 0.3 is 0 Å². The monoisotopic (exact) mass is 367 g/mol. The summed E-state index contributed by atoms with van der Waals surface area (Å²) in [6, 6.07) is 7.84. The molecule has 2 unspecified atom stereocenters. The van der Waals surface area contributed by atoms with E-state index in [2.05, 4.69) is 25.8 Å². The van der Waals surface area contributed by atoms with Crippen molar-refractivity contribution in [2.75, 3.05) is 10.6 Å². The second-order valence-electron chi connectivity index (χ2n) is 7.40. The Balaban J connectivity index is 1.57. The van der Waals surface area contributed by atoms with Crippen molar-refractivity contribution in [1.82, 2.24) is 15.2 Å². The van der Waals surface area contributed by atoms with Gasteiger partial charge in [-0.25, -0.2) is 4.98 Å². The van der Waals surface area contributed by atoms with Crippen LogP contribution >= 0.6 is 0 Å². The zero-order valence-corrected chi connectivity index (χ0v) is 15.2. The Bertz CT molecular complexity index is 837. The van der Waals surface area contributed by atoms with Crippen LogP contribution in [0.4, 0.5) is 17.3 Å². The molecule has 1 amide bonds. The molecular formula is C19H25N7O. The number of carbonyl (C=O) groups is 1. The highest BCUT2D eigenvalue weighted by Crippen LogP contribution is 2.39. The average Bonchev–Trinajstić information content (AvgIpc) is 3.49. The molecule has 2 aliphatic carbocycles. The van der Waals surface area contributed by atoms with Gasteiger partial charge in [0, 0.05) is 29.8 Å². The molecule has 2 aromatic rings. The number of nitrogens with two attached hydrogens (primary N) is 2. The first kappa shape index (κ1) is 17.7. The van der Waals surface area contributed by atoms with Crippen molar-refractivity contribution in [2.24, 2.45) is 11.5 Å². The third-order valence-corrected chi connectivity index (χ3v) is 5.21. The maximum atomic E-state index is 11.8. The number of nitrogens with zero attached hydrogens (tertiary/aromatic N) is 3. The molecule has 2 fully saturated rings. The van der Waals surface area contributed by atoms with Gasteiger partial charge in [-0.2, -0.15) is 0 Å². The SMILES string of the molecule is NC(=O)c1nnc(NC2CCCCC2N)cc1Nc1cccc(C2CC2)n1. The molecule has 2 heterocycles. The zero-order valence-electron chi connectivity index (χ0n) is 15.2. The number of carbonyl (C=O) groups excluding carboxylic acids is 1. The van der Waals surface area contributed by atoms with Crippen molar-refractivity contribution in [3.8, 4) is 0 Å². The van der Waals surface area contributed by atoms with Gasteiger partial charge in [-0.05, 0) is 37.8 Å². The molecule has 2 atom stereocenters. The maximum Gasteiger partial charge on any atom is 0.271 e. The lowest BCUT2D eigenvalue weighted by Gasteiger charge is -2.29. The minimum Gasteiger partial charge on any atom is -0.364 e. The Morgan fingerprint density at radius 3 is 2.63 bits per heavy atom. The van der Waals surface area contributed by atoms with Gasteiger partial charge in [0.15, 0.2) is 11.5 Å². The first-order valence-electron chi connectivity index (χ1n) is 9.54. The van der Waals surface area contributed by atoms with Crippen molar-refractivity contribution in [3.63, 3.8) is 0 Å². The van der Waals surface area contributed by atoms with E-state index in [0.29, 0.717) is 23.2 Å². The number of aromatic nitrogens is 3. The van der Waals surface area contributed by atoms with Gasteiger partial charge in [0.2, 0.25) is 0 Å². The molecule has 27 heavy (non-hydrogen) atoms. The summed E-state index contributed by atoms with van der Waals surface area (Å²) < 4.78 is 0. The van der Waals surface area contributed by atoms with Gasteiger partial charge in [-0.3, -0.25) is 4.79 Å². The fraction of sp³-hybridized carbons (Fsp3) is 0.474. The molecule has 0 saturated heterocycles. The number of primary amides is 1. The average molecular weight is 367 g/mol. The summed E-state index contributed by atoms with van der Waals surface area (Å²) >= 11 is 0. The molecule has 2 aromatic heterocycles. The summed E-state index contributed by atoms with van der Waals surface area (Å²) in [6.45, 7) is 0. The van der Waals surface area contributed by atoms with Crippen LogP contribution in [0.5, 0.6) is 0 Å². The van der Waals surface area contributed by atoms with Crippen LogP contribution in [0.1, 0.15) is 60.6 Å². The van der Waals surface area contributed by atoms with E-state index in [1.165, 1.54) is 12.8 Å². The van der Waals surface area contributed by atoms with Crippen LogP contribution in [0.25, 0.3) is 0 Å². The smallest absolute Gasteiger partial charge is 0.271 e. The topological polar surface area (TPSA) is 132 Å². The Hall–Kier alpha value is -2.74. The Labute approximate surface area is 158 Å². The number of rotatable bonds is 6. The van der Waals surface area contributed by atoms with Crippen LogP contribution in [0.15, 0.2) is 24.3 Å². The first-order valence-corrected chi connectivity index (χ1v) is 9.54. The third kappa shape index (κ3) is 4.16. The highest BCUT2D eigenvalue weighted by atomic mass is 16.1. The molecule has 2 saturated carbocycles. The molecule has 142 valence electrons. The number of hydrogen-bond acceptors (Lipinski definition) is 7. The molecule has 0 aliphatic heterocycles. The summed E-state index contributed by atoms with van der Waals surface area (Å²) in [5, 5.41) is 14.7. The lowest BCUT2D eigenvalue weighted by Crippen LogP contribution is -2.42. The Kier molecular flexibility index (Phi) is 4.89. The molecule has 6 N–H and O–H groups in total. The Morgan fingerprint density at radius 2 is 1.89 bits per heavy atom. The second-order valence-corrected chi connectivity index (χ2v) is 7.40. The van der Waals surface area contributed by atoms with E-state index in [-0.39, 0.29) is 17.8 Å². The van der Waals surface area contributed by atoms with Crippen LogP contribution in [0, 0.1) is 0 Å². The first-order chi connectivity index (χ1) is 13.1. The fourth-order valence-electron chi connectivity index (χ4n) is 3.53. The lowest BCUT2D eigenvalue weighted by molar-refractivity contribution is 0.0995. The molecule has 0 spiro atoms. The quantitative estimate of drug-likeness (QED) is 0.616. The van der Waals surface area contributed by atoms with Crippen LogP contribution in [0.3, 0.4) is 0 Å². The van der Waals surface area contributed by atoms with Gasteiger partial charge in [0.1, 0.15) is 5.82 Å². The summed E-state index contributed by atoms with van der Waals surface area (Å²) in [5.74, 6) is 1.14. The largest absolute Gasteiger partial charge is 0.364 e. The molecule has 4 rings (SSSR count). The number of pyridine rings is 1. The zero-order chi connectivity index (χ0) is 18.8. The summed E-state index contributed by atoms with van der Waals surface area (Å²) in [5.41, 5.74) is 13.3. The van der Waals surface area contributed by atoms with Crippen LogP contribution in [0.2, 0.25) is 0 Å². The van der Waals surface area contributed by atoms with E-state index in [1.54, 1.807) is 6.07 Å². The predicted octanol–water partition coefficient (Wildman–Crippen LogP) is 2.27. The number of anilines is 3. The van der Waals surface area contributed by atoms with E-state index in [1.807, 2.05) is 18.2 Å². The van der Waals surface area contributed by atoms with Gasteiger partial charge in [0.25, 0.3) is 5.91 Å². The number of hydrogen-bond donors (Lipinski definition) is 4. The van der Waals surface area contributed by atoms with Gasteiger partial charge in [-0.15, -0.1) is 10.2 Å². The van der Waals surface area contributed by atoms with E-state index in [0.717, 1.165) is 31.4 Å². The molecule has 2 aliphatic rings. The van der Waals surface area contributed by atoms with Crippen molar-refractivity contribution >= 4 is 23.2 Å². The molecule has 0 radical (unpaired) electrons. The summed E-state index contributed by atoms with van der Waals surface area (Å²) in [4.78, 5) is 16.4. The summed E-state index contributed by atoms with van der Waals surface area (Å²) in [6.07, 6.45) is 6.63. The van der Waals surface area contributed by atoms with Crippen molar-refractivity contribution in [3.05, 3.63) is 35.7 Å². The Morgan fingerprint density at radius 1 is 1.07 bits per heavy atom. The van der Waals surface area contributed by atoms with E-state index < -0.39 is 5.91 Å². The standard InChI is InChI=1S/C19H25N7O/c20-12-4-1-2-5-14(12)23-17-10-15(18(19(21)27)26-25-17)24-16-7-3-6-13(22-16)11-8-9-11/h3,6-7,10-12,14H,1-2,4-5,8-9,20H2,(H2,21,27)(H2,22,23,24,25). The van der Waals surface area contributed by atoms with Crippen molar-refractivity contribution < 1.29 is 4.79 Å². The van der Waals surface area contributed by atoms with Gasteiger partial charge < -0.3 is 22.1 Å². The third-order valence-electron chi connectivity index (χ3n) is 5.21. The molecule has 8 heteroatoms. The lowest BCUT2D eigenvalue weighted by atomic mass is 9.91. The van der Waals surface area contributed by atoms with Crippen molar-refractivity contribution in [2.45, 2.75) is 56.5 Å². The van der Waals surface area contributed by atoms with Crippen LogP contribution in [-0.2, 0) is 0 Å². The molecule has 0 aromatic carbocycles. The second kappa shape index (κ2) is 7.48. The minimum atomic E-state index is -0.635. The normalized spacial score (nSPS) is 22.3. The minimum absolute atomic E-state index is 0.0877. The fourth-order valence-corrected chi connectivity index (χ4v) is 3.53. The van der Waals surface area contributed by atoms with Gasteiger partial charge in [0.05, 0.1) is 5.69 Å². The summed E-state index contributed by atoms with van der Waals surface area (Å²) in [7, 11) is 0. The van der Waals surface area contributed by atoms with Crippen LogP contribution in [-0.4, -0.2) is 33.2 Å². The molecular weight excluding hydrogens is 342 g/mol. The highest BCUT2D eigenvalue weighted by Gasteiger charge is 2.25.